The number of rotatable bonds is 8. The van der Waals surface area contributed by atoms with Crippen LogP contribution >= 0.6 is 23.1 Å². The molecule has 2 heterocycles. The fourth-order valence-corrected chi connectivity index (χ4v) is 5.83. The highest BCUT2D eigenvalue weighted by Gasteiger charge is 2.21. The summed E-state index contributed by atoms with van der Waals surface area (Å²) in [6.07, 6.45) is 1.34. The van der Waals surface area contributed by atoms with Crippen LogP contribution < -0.4 is 10.9 Å². The van der Waals surface area contributed by atoms with Crippen molar-refractivity contribution in [2.75, 3.05) is 5.32 Å². The van der Waals surface area contributed by atoms with Crippen molar-refractivity contribution in [3.8, 4) is 0 Å². The van der Waals surface area contributed by atoms with Crippen LogP contribution in [0.25, 0.3) is 10.2 Å². The first-order chi connectivity index (χ1) is 18.5. The molecule has 7 nitrogen and oxygen atoms in total. The van der Waals surface area contributed by atoms with Gasteiger partial charge in [-0.3, -0.25) is 14.2 Å². The molecule has 5 rings (SSSR count). The number of fused-ring (bicyclic) bond motifs is 1. The van der Waals surface area contributed by atoms with E-state index in [0.29, 0.717) is 26.3 Å². The van der Waals surface area contributed by atoms with Gasteiger partial charge in [0.2, 0.25) is 5.91 Å². The van der Waals surface area contributed by atoms with Crippen LogP contribution in [-0.2, 0) is 22.7 Å². The number of esters is 1. The van der Waals surface area contributed by atoms with Gasteiger partial charge in [-0.2, -0.15) is 0 Å². The summed E-state index contributed by atoms with van der Waals surface area (Å²) in [5.41, 5.74) is 1.64. The molecule has 2 aromatic heterocycles. The number of thiophene rings is 1. The normalized spacial score (nSPS) is 10.9. The maximum atomic E-state index is 13.3. The average Bonchev–Trinajstić information content (AvgIpc) is 3.28. The summed E-state index contributed by atoms with van der Waals surface area (Å²) in [4.78, 5) is 45.9. The van der Waals surface area contributed by atoms with Crippen LogP contribution in [0.1, 0.15) is 20.8 Å². The Balaban J connectivity index is 1.32. The highest BCUT2D eigenvalue weighted by Crippen LogP contribution is 2.33. The van der Waals surface area contributed by atoms with E-state index < -0.39 is 5.97 Å². The molecule has 0 atom stereocenters. The van der Waals surface area contributed by atoms with Crippen molar-refractivity contribution >= 4 is 50.9 Å². The first-order valence-corrected chi connectivity index (χ1v) is 13.4. The SMILES string of the molecule is Cc1c(C(=O)OCc2ccccc2)sc2ncn(CC(=O)Nc3ccccc3Sc3ccccc3)c(=O)c12. The predicted molar refractivity (Wildman–Crippen MR) is 150 cm³/mol. The first-order valence-electron chi connectivity index (χ1n) is 11.8. The van der Waals surface area contributed by atoms with Crippen LogP contribution in [0.2, 0.25) is 0 Å². The number of amides is 1. The minimum atomic E-state index is -0.509. The Labute approximate surface area is 227 Å². The lowest BCUT2D eigenvalue weighted by atomic mass is 10.2. The van der Waals surface area contributed by atoms with E-state index in [1.165, 1.54) is 22.7 Å². The molecule has 5 aromatic rings. The number of nitrogens with zero attached hydrogens (tertiary/aromatic N) is 2. The highest BCUT2D eigenvalue weighted by atomic mass is 32.2. The summed E-state index contributed by atoms with van der Waals surface area (Å²) in [5, 5.41) is 3.22. The lowest BCUT2D eigenvalue weighted by Crippen LogP contribution is -2.28. The van der Waals surface area contributed by atoms with Crippen molar-refractivity contribution in [2.45, 2.75) is 29.9 Å². The number of benzene rings is 3. The molecule has 0 bridgehead atoms. The van der Waals surface area contributed by atoms with Crippen molar-refractivity contribution in [1.82, 2.24) is 9.55 Å². The highest BCUT2D eigenvalue weighted by molar-refractivity contribution is 7.99. The van der Waals surface area contributed by atoms with Gasteiger partial charge in [0.1, 0.15) is 22.9 Å². The lowest BCUT2D eigenvalue weighted by molar-refractivity contribution is -0.116. The number of aromatic nitrogens is 2. The number of hydrogen-bond acceptors (Lipinski definition) is 7. The van der Waals surface area contributed by atoms with E-state index in [4.69, 9.17) is 4.74 Å². The molecule has 1 N–H and O–H groups in total. The molecule has 0 saturated carbocycles. The van der Waals surface area contributed by atoms with Crippen molar-refractivity contribution < 1.29 is 14.3 Å². The Hall–Kier alpha value is -4.21. The molecule has 0 radical (unpaired) electrons. The fraction of sp³-hybridized carbons (Fsp3) is 0.103. The maximum Gasteiger partial charge on any atom is 0.349 e. The molecule has 190 valence electrons. The van der Waals surface area contributed by atoms with Gasteiger partial charge in [-0.05, 0) is 42.3 Å². The van der Waals surface area contributed by atoms with Crippen LogP contribution in [0.3, 0.4) is 0 Å². The Morgan fingerprint density at radius 1 is 0.974 bits per heavy atom. The van der Waals surface area contributed by atoms with Crippen LogP contribution in [-0.4, -0.2) is 21.4 Å². The van der Waals surface area contributed by atoms with Gasteiger partial charge < -0.3 is 10.1 Å². The van der Waals surface area contributed by atoms with Gasteiger partial charge in [0, 0.05) is 9.79 Å². The zero-order chi connectivity index (χ0) is 26.5. The molecule has 0 aliphatic rings. The summed E-state index contributed by atoms with van der Waals surface area (Å²) >= 11 is 2.65. The second-order valence-electron chi connectivity index (χ2n) is 8.44. The smallest absolute Gasteiger partial charge is 0.349 e. The standard InChI is InChI=1S/C29H23N3O4S2/c1-19-25-27(38-26(19)29(35)36-17-20-10-4-2-5-11-20)30-18-32(28(25)34)16-24(33)31-22-14-8-9-15-23(22)37-21-12-6-3-7-13-21/h2-15,18H,16-17H2,1H3,(H,31,33). The molecule has 1 amide bonds. The van der Waals surface area contributed by atoms with Crippen molar-refractivity contribution in [3.63, 3.8) is 0 Å². The van der Waals surface area contributed by atoms with Gasteiger partial charge in [0.05, 0.1) is 17.4 Å². The number of ether oxygens (including phenoxy) is 1. The molecule has 38 heavy (non-hydrogen) atoms. The molecular weight excluding hydrogens is 518 g/mol. The summed E-state index contributed by atoms with van der Waals surface area (Å²) in [6, 6.07) is 26.7. The third-order valence-corrected chi connectivity index (χ3v) is 8.03. The summed E-state index contributed by atoms with van der Waals surface area (Å²) in [7, 11) is 0. The molecule has 9 heteroatoms. The van der Waals surface area contributed by atoms with Crippen molar-refractivity contribution in [2.24, 2.45) is 0 Å². The monoisotopic (exact) mass is 541 g/mol. The van der Waals surface area contributed by atoms with Crippen molar-refractivity contribution in [1.29, 1.82) is 0 Å². The van der Waals surface area contributed by atoms with Crippen LogP contribution in [0.5, 0.6) is 0 Å². The van der Waals surface area contributed by atoms with E-state index in [2.05, 4.69) is 10.3 Å². The number of hydrogen-bond donors (Lipinski definition) is 1. The van der Waals surface area contributed by atoms with E-state index >= 15 is 0 Å². The van der Waals surface area contributed by atoms with E-state index in [1.54, 1.807) is 6.92 Å². The second kappa shape index (κ2) is 11.5. The maximum absolute atomic E-state index is 13.3. The molecule has 0 aliphatic heterocycles. The first kappa shape index (κ1) is 25.4. The number of para-hydroxylation sites is 1. The Morgan fingerprint density at radius 3 is 2.42 bits per heavy atom. The molecule has 0 fully saturated rings. The Kier molecular flexibility index (Phi) is 7.67. The average molecular weight is 542 g/mol. The molecule has 0 spiro atoms. The molecule has 0 saturated heterocycles. The summed E-state index contributed by atoms with van der Waals surface area (Å²) in [6.45, 7) is 1.62. The van der Waals surface area contributed by atoms with Gasteiger partial charge in [-0.1, -0.05) is 72.4 Å². The number of anilines is 1. The van der Waals surface area contributed by atoms with Gasteiger partial charge in [0.15, 0.2) is 0 Å². The number of carbonyl (C=O) groups excluding carboxylic acids is 2. The van der Waals surface area contributed by atoms with Gasteiger partial charge >= 0.3 is 5.97 Å². The molecular formula is C29H23N3O4S2. The van der Waals surface area contributed by atoms with Crippen molar-refractivity contribution in [3.05, 3.63) is 118 Å². The Bertz CT molecular complexity index is 1660. The predicted octanol–water partition coefficient (Wildman–Crippen LogP) is 5.91. The summed E-state index contributed by atoms with van der Waals surface area (Å²) in [5.74, 6) is -0.865. The lowest BCUT2D eigenvalue weighted by Gasteiger charge is -2.11. The minimum absolute atomic E-state index is 0.134. The number of carbonyl (C=O) groups is 2. The van der Waals surface area contributed by atoms with E-state index in [-0.39, 0.29) is 24.6 Å². The molecule has 0 aliphatic carbocycles. The molecule has 0 unspecified atom stereocenters. The second-order valence-corrected chi connectivity index (χ2v) is 10.5. The zero-order valence-corrected chi connectivity index (χ0v) is 22.1. The quantitative estimate of drug-likeness (QED) is 0.246. The van der Waals surface area contributed by atoms with E-state index in [0.717, 1.165) is 26.7 Å². The topological polar surface area (TPSA) is 90.3 Å². The fourth-order valence-electron chi connectivity index (χ4n) is 3.87. The van der Waals surface area contributed by atoms with Crippen LogP contribution in [0.4, 0.5) is 5.69 Å². The van der Waals surface area contributed by atoms with Crippen LogP contribution in [0, 0.1) is 6.92 Å². The van der Waals surface area contributed by atoms with E-state index in [1.807, 2.05) is 84.9 Å². The number of nitrogens with one attached hydrogen (secondary N) is 1. The third kappa shape index (κ3) is 5.69. The number of aryl methyl sites for hydroxylation is 1. The zero-order valence-electron chi connectivity index (χ0n) is 20.4. The Morgan fingerprint density at radius 2 is 1.66 bits per heavy atom. The molecule has 3 aromatic carbocycles. The van der Waals surface area contributed by atoms with Gasteiger partial charge in [0.25, 0.3) is 5.56 Å². The van der Waals surface area contributed by atoms with E-state index in [9.17, 15) is 14.4 Å². The summed E-state index contributed by atoms with van der Waals surface area (Å²) < 4.78 is 6.70. The van der Waals surface area contributed by atoms with Gasteiger partial charge in [-0.25, -0.2) is 9.78 Å². The minimum Gasteiger partial charge on any atom is -0.457 e. The third-order valence-electron chi connectivity index (χ3n) is 5.76. The van der Waals surface area contributed by atoms with Crippen LogP contribution in [0.15, 0.2) is 106 Å². The largest absolute Gasteiger partial charge is 0.457 e. The van der Waals surface area contributed by atoms with Gasteiger partial charge in [-0.15, -0.1) is 11.3 Å².